The lowest BCUT2D eigenvalue weighted by Crippen LogP contribution is -2.63. The van der Waals surface area contributed by atoms with E-state index in [4.69, 9.17) is 5.11 Å². The second-order valence-electron chi connectivity index (χ2n) is 13.2. The maximum atomic E-state index is 14.8. The summed E-state index contributed by atoms with van der Waals surface area (Å²) < 4.78 is 127. The van der Waals surface area contributed by atoms with Crippen molar-refractivity contribution in [1.29, 1.82) is 0 Å². The van der Waals surface area contributed by atoms with Crippen molar-refractivity contribution >= 4 is 21.2 Å². The summed E-state index contributed by atoms with van der Waals surface area (Å²) in [6.45, 7) is 5.80. The molecule has 43 heavy (non-hydrogen) atoms. The maximum Gasteiger partial charge on any atom is 0.423 e. The van der Waals surface area contributed by atoms with Gasteiger partial charge in [-0.15, -0.1) is 0 Å². The third kappa shape index (κ3) is 10.3. The molecular formula is C26H43F8N2O6P. The van der Waals surface area contributed by atoms with Crippen LogP contribution >= 0.6 is 9.24 Å². The molecule has 0 saturated heterocycles. The average Bonchev–Trinajstić information content (AvgIpc) is 2.78. The second kappa shape index (κ2) is 13.1. The van der Waals surface area contributed by atoms with Crippen LogP contribution in [0.15, 0.2) is 0 Å². The van der Waals surface area contributed by atoms with Gasteiger partial charge in [-0.3, -0.25) is 9.53 Å². The van der Waals surface area contributed by atoms with Crippen LogP contribution in [0.3, 0.4) is 0 Å². The molecule has 0 heterocycles. The number of hydrogen-bond acceptors (Lipinski definition) is 6. The van der Waals surface area contributed by atoms with Gasteiger partial charge in [0, 0.05) is 18.0 Å². The number of carbonyl (C=O) groups excluding carboxylic acids is 2. The second-order valence-corrected chi connectivity index (χ2v) is 14.3. The molecule has 1 fully saturated rings. The lowest BCUT2D eigenvalue weighted by Gasteiger charge is -2.47. The molecular weight excluding hydrogens is 619 g/mol. The third-order valence-electron chi connectivity index (χ3n) is 7.10. The molecule has 254 valence electrons. The normalized spacial score (nSPS) is 23.5. The first-order valence-electron chi connectivity index (χ1n) is 13.5. The predicted octanol–water partition coefficient (Wildman–Crippen LogP) is 5.92. The van der Waals surface area contributed by atoms with Gasteiger partial charge in [-0.2, -0.15) is 26.3 Å². The van der Waals surface area contributed by atoms with Crippen LogP contribution in [0, 0.1) is 17.3 Å². The summed E-state index contributed by atoms with van der Waals surface area (Å²) in [7, 11) is 1.07. The highest BCUT2D eigenvalue weighted by Gasteiger charge is 2.72. The zero-order valence-electron chi connectivity index (χ0n) is 25.5. The first-order valence-corrected chi connectivity index (χ1v) is 14.1. The van der Waals surface area contributed by atoms with Gasteiger partial charge in [0.05, 0.1) is 0 Å². The first-order chi connectivity index (χ1) is 18.9. The van der Waals surface area contributed by atoms with Crippen molar-refractivity contribution in [3.8, 4) is 0 Å². The van der Waals surface area contributed by atoms with Crippen LogP contribution in [-0.4, -0.2) is 77.4 Å². The number of hydrogen-bond donors (Lipinski definition) is 3. The van der Waals surface area contributed by atoms with E-state index in [1.807, 2.05) is 13.8 Å². The van der Waals surface area contributed by atoms with Gasteiger partial charge in [0.2, 0.25) is 5.91 Å². The van der Waals surface area contributed by atoms with E-state index in [0.717, 1.165) is 9.24 Å². The Balaban J connectivity index is 2.93. The molecule has 0 radical (unpaired) electrons. The summed E-state index contributed by atoms with van der Waals surface area (Å²) in [5.41, 5.74) is -5.07. The summed E-state index contributed by atoms with van der Waals surface area (Å²) in [6.07, 6.45) is -10.5. The van der Waals surface area contributed by atoms with Gasteiger partial charge in [-0.1, -0.05) is 36.9 Å². The minimum Gasteiger partial charge on any atom is -0.440 e. The Hall–Kier alpha value is -1.51. The lowest BCUT2D eigenvalue weighted by molar-refractivity contribution is -0.437. The number of rotatable bonds is 14. The van der Waals surface area contributed by atoms with Gasteiger partial charge in [0.25, 0.3) is 0 Å². The number of halogens is 8. The monoisotopic (exact) mass is 662 g/mol. The molecule has 1 rings (SSSR count). The van der Waals surface area contributed by atoms with Crippen molar-refractivity contribution < 1.29 is 64.0 Å². The van der Waals surface area contributed by atoms with E-state index in [1.54, 1.807) is 20.8 Å². The van der Waals surface area contributed by atoms with Crippen LogP contribution in [0.2, 0.25) is 0 Å². The Labute approximate surface area is 248 Å². The minimum absolute atomic E-state index is 0.0888. The fraction of sp³-hybridized carbons (Fsp3) is 0.923. The topological polar surface area (TPSA) is 106 Å². The Morgan fingerprint density at radius 2 is 1.51 bits per heavy atom. The zero-order chi connectivity index (χ0) is 34.1. The fourth-order valence-corrected chi connectivity index (χ4v) is 5.43. The average molecular weight is 663 g/mol. The molecule has 1 aliphatic rings. The van der Waals surface area contributed by atoms with Crippen molar-refractivity contribution in [2.75, 3.05) is 19.8 Å². The summed E-state index contributed by atoms with van der Waals surface area (Å²) in [4.78, 5) is 24.4. The number of aliphatic hydroxyl groups is 1. The van der Waals surface area contributed by atoms with Crippen LogP contribution in [0.5, 0.6) is 0 Å². The van der Waals surface area contributed by atoms with Crippen LogP contribution in [0.1, 0.15) is 74.7 Å². The van der Waals surface area contributed by atoms with Gasteiger partial charge in [0.15, 0.2) is 11.9 Å². The summed E-state index contributed by atoms with van der Waals surface area (Å²) in [6, 6.07) is 0. The summed E-state index contributed by atoms with van der Waals surface area (Å²) in [5.74, 6) is -10.6. The smallest absolute Gasteiger partial charge is 0.423 e. The quantitative estimate of drug-likeness (QED) is 0.158. The van der Waals surface area contributed by atoms with E-state index in [-0.39, 0.29) is 43.9 Å². The minimum atomic E-state index is -5.80. The molecule has 0 aromatic rings. The zero-order valence-corrected chi connectivity index (χ0v) is 26.6. The van der Waals surface area contributed by atoms with Gasteiger partial charge in [0.1, 0.15) is 12.2 Å². The van der Waals surface area contributed by atoms with Crippen molar-refractivity contribution in [1.82, 2.24) is 10.6 Å². The molecule has 17 heteroatoms. The summed E-state index contributed by atoms with van der Waals surface area (Å²) in [5, 5.41) is 10.6. The van der Waals surface area contributed by atoms with E-state index >= 15 is 0 Å². The van der Waals surface area contributed by atoms with Crippen molar-refractivity contribution in [3.05, 3.63) is 0 Å². The van der Waals surface area contributed by atoms with E-state index in [1.165, 1.54) is 0 Å². The van der Waals surface area contributed by atoms with Crippen molar-refractivity contribution in [2.45, 2.75) is 115 Å². The fourth-order valence-electron chi connectivity index (χ4n) is 5.19. The van der Waals surface area contributed by atoms with Crippen molar-refractivity contribution in [3.63, 3.8) is 0 Å². The molecule has 0 aromatic heterocycles. The highest BCUT2D eigenvalue weighted by atomic mass is 31.0. The van der Waals surface area contributed by atoms with Crippen LogP contribution in [-0.2, 0) is 19.0 Å². The molecule has 1 aliphatic carbocycles. The van der Waals surface area contributed by atoms with Crippen LogP contribution in [0.4, 0.5) is 39.9 Å². The third-order valence-corrected chi connectivity index (χ3v) is 7.65. The molecule has 2 amide bonds. The molecule has 0 bridgehead atoms. The molecule has 0 aromatic carbocycles. The molecule has 8 nitrogen and oxygen atoms in total. The number of aliphatic hydroxyl groups excluding tert-OH is 1. The highest BCUT2D eigenvalue weighted by molar-refractivity contribution is 7.18. The number of ether oxygens (including phenoxy) is 3. The molecule has 0 spiro atoms. The molecule has 4 atom stereocenters. The Bertz CT molecular complexity index is 997. The molecule has 3 N–H and O–H groups in total. The first kappa shape index (κ1) is 39.5. The highest BCUT2D eigenvalue weighted by Crippen LogP contribution is 2.51. The molecule has 0 aliphatic heterocycles. The number of carbonyl (C=O) groups is 2. The van der Waals surface area contributed by atoms with Gasteiger partial charge >= 0.3 is 30.2 Å². The Morgan fingerprint density at radius 1 is 0.977 bits per heavy atom. The SMILES string of the molecule is CC(C)C(=O)NCC1CC(C)(C)CC(C)(NC(=O)OCC(F)(F)OC(C)(C)C(F)(F)C(F)(F)OC(C)(P)C(F)(F)CO)C1. The maximum absolute atomic E-state index is 14.8. The number of alkyl carbamates (subject to hydrolysis) is 1. The summed E-state index contributed by atoms with van der Waals surface area (Å²) >= 11 is 0. The number of nitrogens with one attached hydrogen (secondary N) is 2. The number of amides is 2. The van der Waals surface area contributed by atoms with E-state index in [2.05, 4.69) is 24.8 Å². The lowest BCUT2D eigenvalue weighted by atomic mass is 9.64. The van der Waals surface area contributed by atoms with Crippen LogP contribution in [0.25, 0.3) is 0 Å². The standard InChI is InChI=1S/C26H43F8N2O6P/c1-15(2)17(38)35-11-16-9-19(3,4)12-21(7,10-16)36-18(39)40-14-24(29,30)41-20(5,6)25(31,32)26(33,34)42-22(8,43)23(27,28)13-37/h15-16,37H,9-14,43H2,1-8H3,(H,35,38)(H,36,39). The van der Waals surface area contributed by atoms with Crippen LogP contribution < -0.4 is 10.6 Å². The van der Waals surface area contributed by atoms with E-state index in [0.29, 0.717) is 25.8 Å². The van der Waals surface area contributed by atoms with Crippen molar-refractivity contribution in [2.24, 2.45) is 17.3 Å². The van der Waals surface area contributed by atoms with Gasteiger partial charge in [-0.05, 0) is 58.3 Å². The van der Waals surface area contributed by atoms with E-state index < -0.39 is 59.9 Å². The predicted molar refractivity (Wildman–Crippen MR) is 143 cm³/mol. The largest absolute Gasteiger partial charge is 0.440 e. The molecule has 4 unspecified atom stereocenters. The van der Waals surface area contributed by atoms with E-state index in [9.17, 15) is 44.7 Å². The Kier molecular flexibility index (Phi) is 12.0. The van der Waals surface area contributed by atoms with Gasteiger partial charge in [-0.25, -0.2) is 13.6 Å². The number of alkyl halides is 8. The Morgan fingerprint density at radius 3 is 2.00 bits per heavy atom. The van der Waals surface area contributed by atoms with Gasteiger partial charge < -0.3 is 25.2 Å². The molecule has 1 saturated carbocycles.